The molecular formula is C18H15ClFN3O2S. The fourth-order valence-corrected chi connectivity index (χ4v) is 4.41. The van der Waals surface area contributed by atoms with Crippen molar-refractivity contribution in [1.82, 2.24) is 9.97 Å². The smallest absolute Gasteiger partial charge is 0.148 e. The topological polar surface area (TPSA) is 70.1 Å². The molecule has 0 aliphatic carbocycles. The van der Waals surface area contributed by atoms with Crippen LogP contribution in [0, 0.1) is 5.82 Å². The van der Waals surface area contributed by atoms with Gasteiger partial charge in [0.2, 0.25) is 0 Å². The molecule has 1 saturated heterocycles. The fraction of sp³-hybridized carbons (Fsp3) is 0.222. The highest BCUT2D eigenvalue weighted by molar-refractivity contribution is 7.91. The average molecular weight is 392 g/mol. The number of aromatic nitrogens is 2. The highest BCUT2D eigenvalue weighted by Gasteiger charge is 2.28. The van der Waals surface area contributed by atoms with Gasteiger partial charge in [-0.15, -0.1) is 0 Å². The van der Waals surface area contributed by atoms with Crippen LogP contribution in [0.5, 0.6) is 5.75 Å². The fourth-order valence-electron chi connectivity index (χ4n) is 2.89. The molecule has 1 fully saturated rings. The monoisotopic (exact) mass is 391 g/mol. The number of nitrogens with one attached hydrogen (secondary N) is 1. The minimum Gasteiger partial charge on any atom is -0.616 e. The Morgan fingerprint density at radius 3 is 2.92 bits per heavy atom. The van der Waals surface area contributed by atoms with Gasteiger partial charge in [-0.05, 0) is 41.5 Å². The minimum absolute atomic E-state index is 0.0262. The van der Waals surface area contributed by atoms with Gasteiger partial charge in [-0.3, -0.25) is 0 Å². The van der Waals surface area contributed by atoms with Gasteiger partial charge in [0, 0.05) is 12.1 Å². The zero-order chi connectivity index (χ0) is 18.1. The molecule has 1 N–H and O–H groups in total. The second kappa shape index (κ2) is 7.26. The lowest BCUT2D eigenvalue weighted by molar-refractivity contribution is 0.232. The van der Waals surface area contributed by atoms with E-state index in [-0.39, 0.29) is 11.1 Å². The molecule has 0 spiro atoms. The summed E-state index contributed by atoms with van der Waals surface area (Å²) < 4.78 is 31.1. The number of ether oxygens (including phenoxy) is 1. The maximum atomic E-state index is 13.4. The van der Waals surface area contributed by atoms with Crippen molar-refractivity contribution in [2.75, 3.05) is 16.8 Å². The molecule has 1 aromatic heterocycles. The van der Waals surface area contributed by atoms with Gasteiger partial charge in [-0.2, -0.15) is 0 Å². The molecule has 1 aliphatic heterocycles. The highest BCUT2D eigenvalue weighted by Crippen LogP contribution is 2.33. The van der Waals surface area contributed by atoms with Gasteiger partial charge in [0.1, 0.15) is 41.3 Å². The van der Waals surface area contributed by atoms with Crippen LogP contribution in [0.1, 0.15) is 6.42 Å². The second-order valence-electron chi connectivity index (χ2n) is 5.97. The van der Waals surface area contributed by atoms with E-state index in [0.29, 0.717) is 39.7 Å². The van der Waals surface area contributed by atoms with Crippen LogP contribution < -0.4 is 10.1 Å². The molecule has 0 bridgehead atoms. The zero-order valence-electron chi connectivity index (χ0n) is 13.6. The molecule has 1 aliphatic rings. The van der Waals surface area contributed by atoms with Crippen LogP contribution >= 0.6 is 11.6 Å². The van der Waals surface area contributed by atoms with Gasteiger partial charge >= 0.3 is 0 Å². The molecule has 4 rings (SSSR count). The summed E-state index contributed by atoms with van der Waals surface area (Å²) in [4.78, 5) is 8.59. The largest absolute Gasteiger partial charge is 0.616 e. The third kappa shape index (κ3) is 3.56. The molecule has 2 atom stereocenters. The first-order valence-electron chi connectivity index (χ1n) is 8.07. The van der Waals surface area contributed by atoms with Crippen molar-refractivity contribution >= 4 is 45.2 Å². The zero-order valence-corrected chi connectivity index (χ0v) is 15.2. The SMILES string of the molecule is [O-][S+]1CCC(Oc2cccc3ncnc(Nc4ccc(F)c(Cl)c4)c23)C1. The Hall–Kier alpha value is -2.09. The average Bonchev–Trinajstić information content (AvgIpc) is 3.03. The van der Waals surface area contributed by atoms with Crippen LogP contribution in [0.4, 0.5) is 15.9 Å². The first-order chi connectivity index (χ1) is 12.6. The number of rotatable bonds is 4. The normalized spacial score (nSPS) is 19.7. The van der Waals surface area contributed by atoms with E-state index in [9.17, 15) is 8.94 Å². The summed E-state index contributed by atoms with van der Waals surface area (Å²) in [5.41, 5.74) is 1.32. The van der Waals surface area contributed by atoms with Crippen LogP contribution in [0.25, 0.3) is 10.9 Å². The van der Waals surface area contributed by atoms with E-state index in [1.807, 2.05) is 18.2 Å². The van der Waals surface area contributed by atoms with Crippen molar-refractivity contribution in [1.29, 1.82) is 0 Å². The number of anilines is 2. The molecule has 0 saturated carbocycles. The van der Waals surface area contributed by atoms with Gasteiger partial charge in [-0.25, -0.2) is 14.4 Å². The number of nitrogens with zero attached hydrogens (tertiary/aromatic N) is 2. The van der Waals surface area contributed by atoms with Gasteiger partial charge in [0.05, 0.1) is 15.9 Å². The quantitative estimate of drug-likeness (QED) is 0.679. The Bertz CT molecular complexity index is 954. The summed E-state index contributed by atoms with van der Waals surface area (Å²) in [6.45, 7) is 0. The number of fused-ring (bicyclic) bond motifs is 1. The molecule has 8 heteroatoms. The second-order valence-corrected chi connectivity index (χ2v) is 7.99. The molecule has 2 heterocycles. The van der Waals surface area contributed by atoms with Crippen molar-refractivity contribution in [3.8, 4) is 5.75 Å². The third-order valence-corrected chi connectivity index (χ3v) is 5.86. The summed E-state index contributed by atoms with van der Waals surface area (Å²) in [6, 6.07) is 9.93. The van der Waals surface area contributed by atoms with Crippen molar-refractivity contribution in [3.05, 3.63) is 53.6 Å². The number of hydrogen-bond acceptors (Lipinski definition) is 5. The molecule has 2 unspecified atom stereocenters. The van der Waals surface area contributed by atoms with Crippen LogP contribution in [-0.2, 0) is 11.2 Å². The summed E-state index contributed by atoms with van der Waals surface area (Å²) in [7, 11) is 0. The van der Waals surface area contributed by atoms with Gasteiger partial charge < -0.3 is 14.6 Å². The van der Waals surface area contributed by atoms with E-state index >= 15 is 0 Å². The molecule has 0 amide bonds. The maximum absolute atomic E-state index is 13.4. The first-order valence-corrected chi connectivity index (χ1v) is 9.94. The van der Waals surface area contributed by atoms with Crippen LogP contribution in [0.3, 0.4) is 0 Å². The molecule has 26 heavy (non-hydrogen) atoms. The molecule has 3 aromatic rings. The summed E-state index contributed by atoms with van der Waals surface area (Å²) >= 11 is 5.03. The van der Waals surface area contributed by atoms with E-state index in [0.717, 1.165) is 6.42 Å². The Morgan fingerprint density at radius 2 is 2.15 bits per heavy atom. The number of benzene rings is 2. The molecule has 2 aromatic carbocycles. The number of hydrogen-bond donors (Lipinski definition) is 1. The summed E-state index contributed by atoms with van der Waals surface area (Å²) in [6.07, 6.45) is 2.12. The van der Waals surface area contributed by atoms with Gasteiger partial charge in [0.15, 0.2) is 0 Å². The Labute approximate surface area is 157 Å². The molecule has 5 nitrogen and oxygen atoms in total. The van der Waals surface area contributed by atoms with Gasteiger partial charge in [0.25, 0.3) is 0 Å². The molecule has 134 valence electrons. The molecule has 0 radical (unpaired) electrons. The summed E-state index contributed by atoms with van der Waals surface area (Å²) in [5.74, 6) is 1.86. The first kappa shape index (κ1) is 17.3. The Balaban J connectivity index is 1.71. The van der Waals surface area contributed by atoms with E-state index in [1.165, 1.54) is 18.5 Å². The predicted octanol–water partition coefficient (Wildman–Crippen LogP) is 4.07. The third-order valence-electron chi connectivity index (χ3n) is 4.14. The van der Waals surface area contributed by atoms with E-state index in [4.69, 9.17) is 16.3 Å². The Morgan fingerprint density at radius 1 is 1.27 bits per heavy atom. The maximum Gasteiger partial charge on any atom is 0.148 e. The lowest BCUT2D eigenvalue weighted by atomic mass is 10.2. The lowest BCUT2D eigenvalue weighted by Gasteiger charge is -2.15. The van der Waals surface area contributed by atoms with Crippen LogP contribution in [0.2, 0.25) is 5.02 Å². The van der Waals surface area contributed by atoms with Crippen LogP contribution in [-0.4, -0.2) is 32.1 Å². The van der Waals surface area contributed by atoms with Crippen molar-refractivity contribution < 1.29 is 13.7 Å². The van der Waals surface area contributed by atoms with Crippen molar-refractivity contribution in [2.45, 2.75) is 12.5 Å². The highest BCUT2D eigenvalue weighted by atomic mass is 35.5. The molecular weight excluding hydrogens is 377 g/mol. The van der Waals surface area contributed by atoms with E-state index < -0.39 is 17.0 Å². The van der Waals surface area contributed by atoms with Crippen molar-refractivity contribution in [3.63, 3.8) is 0 Å². The predicted molar refractivity (Wildman–Crippen MR) is 101 cm³/mol. The lowest BCUT2D eigenvalue weighted by Crippen LogP contribution is -2.18. The van der Waals surface area contributed by atoms with Gasteiger partial charge in [-0.1, -0.05) is 17.7 Å². The van der Waals surface area contributed by atoms with E-state index in [1.54, 1.807) is 6.07 Å². The minimum atomic E-state index is -0.824. The number of halogens is 2. The van der Waals surface area contributed by atoms with E-state index in [2.05, 4.69) is 15.3 Å². The van der Waals surface area contributed by atoms with Crippen molar-refractivity contribution in [2.24, 2.45) is 0 Å². The summed E-state index contributed by atoms with van der Waals surface area (Å²) in [5, 5.41) is 3.89. The van der Waals surface area contributed by atoms with Crippen LogP contribution in [0.15, 0.2) is 42.7 Å². The standard InChI is InChI=1S/C18H15ClFN3O2S/c19-13-8-11(4-5-14(13)20)23-18-17-15(21-10-22-18)2-1-3-16(17)25-12-6-7-26(24)9-12/h1-5,8,10,12H,6-7,9H2,(H,21,22,23). The Kier molecular flexibility index (Phi) is 4.84.